The summed E-state index contributed by atoms with van der Waals surface area (Å²) in [4.78, 5) is 19.5. The fraction of sp³-hybridized carbons (Fsp3) is 0.200. The molecule has 3 nitrogen and oxygen atoms in total. The van der Waals surface area contributed by atoms with E-state index in [4.69, 9.17) is 0 Å². The van der Waals surface area contributed by atoms with Crippen LogP contribution in [0.3, 0.4) is 0 Å². The molecule has 0 N–H and O–H groups in total. The number of aromatic nitrogens is 1. The number of anilines is 1. The van der Waals surface area contributed by atoms with E-state index in [2.05, 4.69) is 30.1 Å². The molecule has 0 saturated carbocycles. The fourth-order valence-corrected chi connectivity index (χ4v) is 3.48. The van der Waals surface area contributed by atoms with Crippen molar-refractivity contribution in [3.05, 3.63) is 71.4 Å². The zero-order valence-electron chi connectivity index (χ0n) is 13.1. The first-order valence-electron chi connectivity index (χ1n) is 8.00. The Bertz CT molecular complexity index is 896. The number of hydrogen-bond acceptors (Lipinski definition) is 2. The molecule has 2 aromatic carbocycles. The van der Waals surface area contributed by atoms with Gasteiger partial charge in [-0.05, 0) is 43.0 Å². The van der Waals surface area contributed by atoms with Crippen molar-refractivity contribution in [3.63, 3.8) is 0 Å². The maximum atomic E-state index is 13.2. The van der Waals surface area contributed by atoms with Crippen LogP contribution in [0.25, 0.3) is 10.9 Å². The second-order valence-corrected chi connectivity index (χ2v) is 6.02. The summed E-state index contributed by atoms with van der Waals surface area (Å²) in [5.74, 6) is 0.0684. The molecule has 0 atom stereocenters. The molecule has 0 unspecified atom stereocenters. The molecule has 1 aliphatic heterocycles. The Morgan fingerprint density at radius 1 is 1.09 bits per heavy atom. The Kier molecular flexibility index (Phi) is 3.34. The van der Waals surface area contributed by atoms with Crippen LogP contribution in [0.4, 0.5) is 5.69 Å². The average molecular weight is 302 g/mol. The van der Waals surface area contributed by atoms with Gasteiger partial charge in [-0.15, -0.1) is 0 Å². The van der Waals surface area contributed by atoms with Gasteiger partial charge < -0.3 is 4.90 Å². The van der Waals surface area contributed by atoms with Crippen molar-refractivity contribution in [2.24, 2.45) is 0 Å². The third kappa shape index (κ3) is 2.29. The van der Waals surface area contributed by atoms with E-state index < -0.39 is 0 Å². The topological polar surface area (TPSA) is 33.2 Å². The molecule has 0 saturated heterocycles. The van der Waals surface area contributed by atoms with Crippen molar-refractivity contribution in [1.29, 1.82) is 0 Å². The number of aryl methyl sites for hydroxylation is 2. The Hall–Kier alpha value is -2.68. The van der Waals surface area contributed by atoms with E-state index in [0.717, 1.165) is 47.1 Å². The maximum absolute atomic E-state index is 13.2. The summed E-state index contributed by atoms with van der Waals surface area (Å²) >= 11 is 0. The summed E-state index contributed by atoms with van der Waals surface area (Å²) in [6, 6.07) is 15.9. The van der Waals surface area contributed by atoms with Crippen LogP contribution in [0.2, 0.25) is 0 Å². The highest BCUT2D eigenvalue weighted by molar-refractivity contribution is 6.14. The molecule has 0 fully saturated rings. The summed E-state index contributed by atoms with van der Waals surface area (Å²) in [5.41, 5.74) is 5.11. The second kappa shape index (κ2) is 5.51. The molecule has 0 radical (unpaired) electrons. The zero-order valence-corrected chi connectivity index (χ0v) is 13.1. The fourth-order valence-electron chi connectivity index (χ4n) is 3.48. The Balaban J connectivity index is 1.85. The first kappa shape index (κ1) is 13.9. The molecular formula is C20H18N2O. The van der Waals surface area contributed by atoms with Crippen molar-refractivity contribution in [3.8, 4) is 0 Å². The Morgan fingerprint density at radius 3 is 2.87 bits per heavy atom. The molecule has 0 aliphatic carbocycles. The predicted molar refractivity (Wildman–Crippen MR) is 92.9 cm³/mol. The SMILES string of the molecule is Cc1cccc2c1N(C(=O)c1ccnc3ccccc13)CCC2. The highest BCUT2D eigenvalue weighted by Crippen LogP contribution is 2.32. The lowest BCUT2D eigenvalue weighted by atomic mass is 9.97. The number of rotatable bonds is 1. The summed E-state index contributed by atoms with van der Waals surface area (Å²) in [7, 11) is 0. The monoisotopic (exact) mass is 302 g/mol. The number of pyridine rings is 1. The number of nitrogens with zero attached hydrogens (tertiary/aromatic N) is 2. The molecule has 4 rings (SSSR count). The van der Waals surface area contributed by atoms with Crippen molar-refractivity contribution in [1.82, 2.24) is 4.98 Å². The van der Waals surface area contributed by atoms with E-state index in [1.807, 2.05) is 35.2 Å². The highest BCUT2D eigenvalue weighted by Gasteiger charge is 2.26. The third-order valence-electron chi connectivity index (χ3n) is 4.54. The average Bonchev–Trinajstić information content (AvgIpc) is 2.60. The Morgan fingerprint density at radius 2 is 1.96 bits per heavy atom. The summed E-state index contributed by atoms with van der Waals surface area (Å²) < 4.78 is 0. The number of carbonyl (C=O) groups is 1. The predicted octanol–water partition coefficient (Wildman–Crippen LogP) is 4.14. The number of fused-ring (bicyclic) bond motifs is 2. The lowest BCUT2D eigenvalue weighted by molar-refractivity contribution is 0.0986. The van der Waals surface area contributed by atoms with E-state index in [1.54, 1.807) is 6.20 Å². The first-order valence-corrected chi connectivity index (χ1v) is 8.00. The van der Waals surface area contributed by atoms with Crippen LogP contribution in [-0.2, 0) is 6.42 Å². The van der Waals surface area contributed by atoms with Crippen LogP contribution in [-0.4, -0.2) is 17.4 Å². The standard InChI is InChI=1S/C20H18N2O/c1-14-6-4-7-15-8-5-13-22(19(14)15)20(23)17-11-12-21-18-10-3-2-9-16(17)18/h2-4,6-7,9-12H,5,8,13H2,1H3. The highest BCUT2D eigenvalue weighted by atomic mass is 16.2. The van der Waals surface area contributed by atoms with Gasteiger partial charge in [-0.3, -0.25) is 9.78 Å². The van der Waals surface area contributed by atoms with Gasteiger partial charge in [0.15, 0.2) is 0 Å². The molecule has 0 bridgehead atoms. The molecule has 2 heterocycles. The normalized spacial score (nSPS) is 13.9. The van der Waals surface area contributed by atoms with Crippen molar-refractivity contribution >= 4 is 22.5 Å². The number of carbonyl (C=O) groups excluding carboxylic acids is 1. The van der Waals surface area contributed by atoms with E-state index in [-0.39, 0.29) is 5.91 Å². The smallest absolute Gasteiger partial charge is 0.259 e. The van der Waals surface area contributed by atoms with Crippen molar-refractivity contribution in [2.75, 3.05) is 11.4 Å². The lowest BCUT2D eigenvalue weighted by Gasteiger charge is -2.31. The van der Waals surface area contributed by atoms with Crippen LogP contribution in [0.15, 0.2) is 54.7 Å². The van der Waals surface area contributed by atoms with Crippen LogP contribution < -0.4 is 4.90 Å². The molecule has 0 spiro atoms. The summed E-state index contributed by atoms with van der Waals surface area (Å²) in [6.45, 7) is 2.85. The summed E-state index contributed by atoms with van der Waals surface area (Å²) in [6.07, 6.45) is 3.77. The van der Waals surface area contributed by atoms with Gasteiger partial charge in [0.05, 0.1) is 16.8 Å². The van der Waals surface area contributed by atoms with Gasteiger partial charge in [0.2, 0.25) is 0 Å². The third-order valence-corrected chi connectivity index (χ3v) is 4.54. The van der Waals surface area contributed by atoms with E-state index in [0.29, 0.717) is 0 Å². The first-order chi connectivity index (χ1) is 11.3. The van der Waals surface area contributed by atoms with Crippen LogP contribution >= 0.6 is 0 Å². The lowest BCUT2D eigenvalue weighted by Crippen LogP contribution is -2.36. The maximum Gasteiger partial charge on any atom is 0.259 e. The number of para-hydroxylation sites is 2. The minimum atomic E-state index is 0.0684. The van der Waals surface area contributed by atoms with Crippen molar-refractivity contribution in [2.45, 2.75) is 19.8 Å². The molecule has 1 amide bonds. The minimum Gasteiger partial charge on any atom is -0.308 e. The van der Waals surface area contributed by atoms with Gasteiger partial charge >= 0.3 is 0 Å². The number of amides is 1. The quantitative estimate of drug-likeness (QED) is 0.677. The van der Waals surface area contributed by atoms with Gasteiger partial charge in [-0.1, -0.05) is 36.4 Å². The molecule has 3 aromatic rings. The molecule has 23 heavy (non-hydrogen) atoms. The minimum absolute atomic E-state index is 0.0684. The molecule has 1 aliphatic rings. The van der Waals surface area contributed by atoms with E-state index in [9.17, 15) is 4.79 Å². The van der Waals surface area contributed by atoms with Gasteiger partial charge in [0, 0.05) is 18.1 Å². The van der Waals surface area contributed by atoms with E-state index >= 15 is 0 Å². The van der Waals surface area contributed by atoms with Crippen LogP contribution in [0.5, 0.6) is 0 Å². The van der Waals surface area contributed by atoms with E-state index in [1.165, 1.54) is 5.56 Å². The zero-order chi connectivity index (χ0) is 15.8. The molecule has 114 valence electrons. The number of hydrogen-bond donors (Lipinski definition) is 0. The second-order valence-electron chi connectivity index (χ2n) is 6.02. The van der Waals surface area contributed by atoms with Gasteiger partial charge in [-0.25, -0.2) is 0 Å². The molecule has 1 aromatic heterocycles. The van der Waals surface area contributed by atoms with Gasteiger partial charge in [0.1, 0.15) is 0 Å². The molecular weight excluding hydrogens is 284 g/mol. The van der Waals surface area contributed by atoms with Crippen molar-refractivity contribution < 1.29 is 4.79 Å². The Labute approximate surface area is 135 Å². The van der Waals surface area contributed by atoms with Crippen LogP contribution in [0.1, 0.15) is 27.9 Å². The van der Waals surface area contributed by atoms with Gasteiger partial charge in [-0.2, -0.15) is 0 Å². The molecule has 3 heteroatoms. The summed E-state index contributed by atoms with van der Waals surface area (Å²) in [5, 5.41) is 0.917. The largest absolute Gasteiger partial charge is 0.308 e. The van der Waals surface area contributed by atoms with Gasteiger partial charge in [0.25, 0.3) is 5.91 Å². The number of benzene rings is 2. The van der Waals surface area contributed by atoms with Crippen LogP contribution in [0, 0.1) is 6.92 Å².